The van der Waals surface area contributed by atoms with Gasteiger partial charge in [0, 0.05) is 5.75 Å². The van der Waals surface area contributed by atoms with Gasteiger partial charge in [0.05, 0.1) is 0 Å². The van der Waals surface area contributed by atoms with Crippen LogP contribution in [-0.4, -0.2) is 15.2 Å². The molecule has 0 atom stereocenters. The molecule has 0 aliphatic carbocycles. The Morgan fingerprint density at radius 3 is 2.67 bits per heavy atom. The van der Waals surface area contributed by atoms with Gasteiger partial charge in [0.1, 0.15) is 16.1 Å². The van der Waals surface area contributed by atoms with Crippen LogP contribution in [-0.2, 0) is 12.4 Å². The van der Waals surface area contributed by atoms with Crippen LogP contribution in [0.5, 0.6) is 5.75 Å². The zero-order valence-electron chi connectivity index (χ0n) is 12.7. The summed E-state index contributed by atoms with van der Waals surface area (Å²) < 4.78 is 11.2. The van der Waals surface area contributed by atoms with E-state index in [-0.39, 0.29) is 6.61 Å². The first-order valence-electron chi connectivity index (χ1n) is 7.05. The normalized spacial score (nSPS) is 10.8. The molecule has 1 aromatic carbocycles. The summed E-state index contributed by atoms with van der Waals surface area (Å²) in [6, 6.07) is 11.3. The first kappa shape index (κ1) is 17.1. The maximum atomic E-state index is 5.87. The van der Waals surface area contributed by atoms with E-state index < -0.39 is 0 Å². The first-order chi connectivity index (χ1) is 11.6. The molecule has 3 rings (SSSR count). The standard InChI is InChI=1S/C16H13Cl2N3O2S/c1-10-3-2-4-12(5-10)22-8-15-20-21-16(23-15)24-9-11-6-13(17)19-14(18)7-11/h2-7H,8-9H2,1H3. The summed E-state index contributed by atoms with van der Waals surface area (Å²) in [5, 5.41) is 9.14. The lowest BCUT2D eigenvalue weighted by Crippen LogP contribution is -1.95. The van der Waals surface area contributed by atoms with E-state index in [1.165, 1.54) is 11.8 Å². The maximum absolute atomic E-state index is 5.87. The number of aryl methyl sites for hydroxylation is 1. The van der Waals surface area contributed by atoms with Crippen LogP contribution < -0.4 is 4.74 Å². The van der Waals surface area contributed by atoms with Crippen LogP contribution in [0.15, 0.2) is 46.0 Å². The molecule has 24 heavy (non-hydrogen) atoms. The third-order valence-electron chi connectivity index (χ3n) is 2.99. The Labute approximate surface area is 153 Å². The third kappa shape index (κ3) is 4.87. The molecule has 0 N–H and O–H groups in total. The van der Waals surface area contributed by atoms with E-state index in [0.29, 0.717) is 27.2 Å². The Kier molecular flexibility index (Phi) is 5.60. The number of benzene rings is 1. The highest BCUT2D eigenvalue weighted by molar-refractivity contribution is 7.98. The third-order valence-corrected chi connectivity index (χ3v) is 4.26. The van der Waals surface area contributed by atoms with Gasteiger partial charge in [-0.1, -0.05) is 47.1 Å². The Morgan fingerprint density at radius 1 is 1.12 bits per heavy atom. The highest BCUT2D eigenvalue weighted by Crippen LogP contribution is 2.24. The number of pyridine rings is 1. The van der Waals surface area contributed by atoms with Crippen LogP contribution in [0.1, 0.15) is 17.0 Å². The number of halogens is 2. The zero-order valence-corrected chi connectivity index (χ0v) is 15.0. The lowest BCUT2D eigenvalue weighted by Gasteiger charge is -2.03. The topological polar surface area (TPSA) is 61.0 Å². The van der Waals surface area contributed by atoms with Crippen molar-refractivity contribution in [2.75, 3.05) is 0 Å². The number of rotatable bonds is 6. The molecule has 0 fully saturated rings. The van der Waals surface area contributed by atoms with Crippen molar-refractivity contribution in [2.45, 2.75) is 24.5 Å². The number of ether oxygens (including phenoxy) is 1. The Morgan fingerprint density at radius 2 is 1.92 bits per heavy atom. The summed E-state index contributed by atoms with van der Waals surface area (Å²) in [5.41, 5.74) is 2.06. The monoisotopic (exact) mass is 381 g/mol. The van der Waals surface area contributed by atoms with Crippen molar-refractivity contribution in [3.8, 4) is 5.75 Å². The largest absolute Gasteiger partial charge is 0.484 e. The predicted molar refractivity (Wildman–Crippen MR) is 93.6 cm³/mol. The molecular weight excluding hydrogens is 369 g/mol. The minimum absolute atomic E-state index is 0.226. The molecule has 2 heterocycles. The van der Waals surface area contributed by atoms with Crippen molar-refractivity contribution in [1.29, 1.82) is 0 Å². The molecule has 5 nitrogen and oxygen atoms in total. The highest BCUT2D eigenvalue weighted by Gasteiger charge is 2.09. The first-order valence-corrected chi connectivity index (χ1v) is 8.79. The second kappa shape index (κ2) is 7.88. The van der Waals surface area contributed by atoms with E-state index in [9.17, 15) is 0 Å². The highest BCUT2D eigenvalue weighted by atomic mass is 35.5. The lowest BCUT2D eigenvalue weighted by atomic mass is 10.2. The summed E-state index contributed by atoms with van der Waals surface area (Å²) >= 11 is 13.1. The molecule has 0 aliphatic heterocycles. The minimum atomic E-state index is 0.226. The summed E-state index contributed by atoms with van der Waals surface area (Å²) in [6.45, 7) is 2.23. The number of hydrogen-bond acceptors (Lipinski definition) is 6. The Hall–Kier alpha value is -1.76. The van der Waals surface area contributed by atoms with Crippen LogP contribution in [0.3, 0.4) is 0 Å². The van der Waals surface area contributed by atoms with Crippen molar-refractivity contribution in [3.63, 3.8) is 0 Å². The fraction of sp³-hybridized carbons (Fsp3) is 0.188. The van der Waals surface area contributed by atoms with Gasteiger partial charge in [0.25, 0.3) is 11.1 Å². The molecular formula is C16H13Cl2N3O2S. The predicted octanol–water partition coefficient (Wildman–Crippen LogP) is 4.95. The zero-order chi connectivity index (χ0) is 16.9. The summed E-state index contributed by atoms with van der Waals surface area (Å²) in [4.78, 5) is 3.91. The molecule has 0 saturated carbocycles. The van der Waals surface area contributed by atoms with Crippen molar-refractivity contribution >= 4 is 35.0 Å². The van der Waals surface area contributed by atoms with E-state index in [1.807, 2.05) is 31.2 Å². The van der Waals surface area contributed by atoms with Crippen LogP contribution in [0.2, 0.25) is 10.3 Å². The van der Waals surface area contributed by atoms with E-state index in [2.05, 4.69) is 15.2 Å². The number of thioether (sulfide) groups is 1. The molecule has 0 unspecified atom stereocenters. The van der Waals surface area contributed by atoms with Gasteiger partial charge in [-0.25, -0.2) is 4.98 Å². The molecule has 8 heteroatoms. The van der Waals surface area contributed by atoms with Crippen LogP contribution >= 0.6 is 35.0 Å². The lowest BCUT2D eigenvalue weighted by molar-refractivity contribution is 0.252. The van der Waals surface area contributed by atoms with Gasteiger partial charge in [0.2, 0.25) is 0 Å². The average Bonchev–Trinajstić information content (AvgIpc) is 2.98. The summed E-state index contributed by atoms with van der Waals surface area (Å²) in [6.07, 6.45) is 0. The molecule has 0 amide bonds. The fourth-order valence-electron chi connectivity index (χ4n) is 1.95. The molecule has 2 aromatic heterocycles. The van der Waals surface area contributed by atoms with E-state index in [0.717, 1.165) is 16.9 Å². The Bertz CT molecular complexity index is 821. The van der Waals surface area contributed by atoms with Crippen molar-refractivity contribution in [2.24, 2.45) is 0 Å². The molecule has 0 spiro atoms. The summed E-state index contributed by atoms with van der Waals surface area (Å²) in [5.74, 6) is 1.79. The summed E-state index contributed by atoms with van der Waals surface area (Å²) in [7, 11) is 0. The van der Waals surface area contributed by atoms with E-state index >= 15 is 0 Å². The van der Waals surface area contributed by atoms with Gasteiger partial charge in [-0.05, 0) is 42.3 Å². The van der Waals surface area contributed by atoms with Gasteiger partial charge in [0.15, 0.2) is 6.61 Å². The van der Waals surface area contributed by atoms with Gasteiger partial charge < -0.3 is 9.15 Å². The smallest absolute Gasteiger partial charge is 0.277 e. The Balaban J connectivity index is 1.55. The van der Waals surface area contributed by atoms with Crippen LogP contribution in [0, 0.1) is 6.92 Å². The SMILES string of the molecule is Cc1cccc(OCc2nnc(SCc3cc(Cl)nc(Cl)c3)o2)c1. The van der Waals surface area contributed by atoms with Gasteiger partial charge in [-0.15, -0.1) is 10.2 Å². The van der Waals surface area contributed by atoms with Crippen LogP contribution in [0.25, 0.3) is 0 Å². The van der Waals surface area contributed by atoms with Crippen molar-refractivity contribution in [1.82, 2.24) is 15.2 Å². The second-order valence-electron chi connectivity index (χ2n) is 4.98. The van der Waals surface area contributed by atoms with Crippen LogP contribution in [0.4, 0.5) is 0 Å². The van der Waals surface area contributed by atoms with Gasteiger partial charge in [-0.3, -0.25) is 0 Å². The van der Waals surface area contributed by atoms with E-state index in [1.54, 1.807) is 12.1 Å². The van der Waals surface area contributed by atoms with Gasteiger partial charge in [-0.2, -0.15) is 0 Å². The van der Waals surface area contributed by atoms with Crippen molar-refractivity contribution < 1.29 is 9.15 Å². The molecule has 124 valence electrons. The number of aromatic nitrogens is 3. The average molecular weight is 382 g/mol. The molecule has 0 saturated heterocycles. The van der Waals surface area contributed by atoms with E-state index in [4.69, 9.17) is 32.4 Å². The fourth-order valence-corrected chi connectivity index (χ4v) is 3.16. The second-order valence-corrected chi connectivity index (χ2v) is 6.68. The quantitative estimate of drug-likeness (QED) is 0.444. The van der Waals surface area contributed by atoms with Crippen molar-refractivity contribution in [3.05, 3.63) is 63.7 Å². The van der Waals surface area contributed by atoms with Gasteiger partial charge >= 0.3 is 0 Å². The minimum Gasteiger partial charge on any atom is -0.484 e. The molecule has 0 aliphatic rings. The number of hydrogen-bond donors (Lipinski definition) is 0. The number of nitrogens with zero attached hydrogens (tertiary/aromatic N) is 3. The molecule has 3 aromatic rings. The molecule has 0 bridgehead atoms. The maximum Gasteiger partial charge on any atom is 0.277 e. The molecule has 0 radical (unpaired) electrons.